The van der Waals surface area contributed by atoms with E-state index in [4.69, 9.17) is 10.2 Å². The van der Waals surface area contributed by atoms with E-state index in [1.54, 1.807) is 0 Å². The molecule has 0 aromatic rings. The number of carbonyl (C=O) groups excluding carboxylic acids is 2. The second-order valence-electron chi connectivity index (χ2n) is 7.92. The largest absolute Gasteiger partial charge is 0.460 e. The van der Waals surface area contributed by atoms with Gasteiger partial charge in [0.05, 0.1) is 6.61 Å². The maximum absolute atomic E-state index is 12.1. The van der Waals surface area contributed by atoms with Gasteiger partial charge in [-0.2, -0.15) is 0 Å². The van der Waals surface area contributed by atoms with E-state index in [0.29, 0.717) is 6.42 Å². The zero-order valence-corrected chi connectivity index (χ0v) is 18.0. The Kier molecular flexibility index (Phi) is 16.3. The number of ketones is 1. The molecule has 2 atom stereocenters. The Morgan fingerprint density at radius 3 is 1.71 bits per heavy atom. The molecule has 0 bridgehead atoms. The molecule has 0 heterocycles. The Bertz CT molecular complexity index is 408. The number of rotatable bonds is 19. The quantitative estimate of drug-likeness (QED) is 0.173. The number of hydrogen-bond acceptors (Lipinski definition) is 6. The topological polar surface area (TPSA) is 104 Å². The van der Waals surface area contributed by atoms with Crippen molar-refractivity contribution in [1.29, 1.82) is 0 Å². The van der Waals surface area contributed by atoms with E-state index in [1.807, 2.05) is 0 Å². The standard InChI is InChI=1S/C22H42O6/c1-3-4-5-6-7-8-9-10-11-12-13-14-15-16-20(25)22(2,27)21(26)28-18-19(24)17-23/h19,23-24,27H,3-18H2,1-2H3. The first-order valence-electron chi connectivity index (χ1n) is 11.1. The number of hydrogen-bond donors (Lipinski definition) is 3. The van der Waals surface area contributed by atoms with Crippen molar-refractivity contribution in [2.75, 3.05) is 13.2 Å². The molecule has 0 spiro atoms. The van der Waals surface area contributed by atoms with E-state index in [2.05, 4.69) is 11.7 Å². The third kappa shape index (κ3) is 13.2. The summed E-state index contributed by atoms with van der Waals surface area (Å²) in [6, 6.07) is 0. The first-order valence-corrected chi connectivity index (χ1v) is 11.1. The van der Waals surface area contributed by atoms with Crippen LogP contribution in [0.25, 0.3) is 0 Å². The second kappa shape index (κ2) is 16.9. The van der Waals surface area contributed by atoms with Crippen LogP contribution in [0.1, 0.15) is 104 Å². The molecule has 0 saturated heterocycles. The molecule has 0 aromatic carbocycles. The Labute approximate surface area is 170 Å². The highest BCUT2D eigenvalue weighted by Crippen LogP contribution is 2.16. The summed E-state index contributed by atoms with van der Waals surface area (Å²) in [5.41, 5.74) is -2.20. The van der Waals surface area contributed by atoms with Crippen LogP contribution in [0.3, 0.4) is 0 Å². The van der Waals surface area contributed by atoms with Crippen LogP contribution in [0.2, 0.25) is 0 Å². The van der Waals surface area contributed by atoms with Crippen molar-refractivity contribution in [3.63, 3.8) is 0 Å². The molecule has 0 aliphatic carbocycles. The van der Waals surface area contributed by atoms with Crippen LogP contribution in [0, 0.1) is 0 Å². The van der Waals surface area contributed by atoms with Gasteiger partial charge in [-0.15, -0.1) is 0 Å². The first kappa shape index (κ1) is 27.0. The monoisotopic (exact) mass is 402 g/mol. The lowest BCUT2D eigenvalue weighted by atomic mass is 9.96. The smallest absolute Gasteiger partial charge is 0.345 e. The average Bonchev–Trinajstić information content (AvgIpc) is 2.68. The van der Waals surface area contributed by atoms with Gasteiger partial charge in [-0.1, -0.05) is 84.0 Å². The lowest BCUT2D eigenvalue weighted by Gasteiger charge is -2.20. The highest BCUT2D eigenvalue weighted by molar-refractivity contribution is 6.06. The van der Waals surface area contributed by atoms with Crippen molar-refractivity contribution in [2.45, 2.75) is 115 Å². The molecular formula is C22H42O6. The minimum Gasteiger partial charge on any atom is -0.460 e. The van der Waals surface area contributed by atoms with Crippen LogP contribution in [-0.2, 0) is 14.3 Å². The molecule has 0 saturated carbocycles. The van der Waals surface area contributed by atoms with Gasteiger partial charge in [-0.05, 0) is 13.3 Å². The molecule has 28 heavy (non-hydrogen) atoms. The van der Waals surface area contributed by atoms with Gasteiger partial charge in [-0.25, -0.2) is 4.79 Å². The zero-order valence-electron chi connectivity index (χ0n) is 18.0. The van der Waals surface area contributed by atoms with Gasteiger partial charge >= 0.3 is 5.97 Å². The van der Waals surface area contributed by atoms with Crippen LogP contribution < -0.4 is 0 Å². The van der Waals surface area contributed by atoms with Crippen molar-refractivity contribution in [1.82, 2.24) is 0 Å². The lowest BCUT2D eigenvalue weighted by Crippen LogP contribution is -2.45. The van der Waals surface area contributed by atoms with E-state index in [9.17, 15) is 14.7 Å². The van der Waals surface area contributed by atoms with Crippen LogP contribution in [0.5, 0.6) is 0 Å². The van der Waals surface area contributed by atoms with E-state index >= 15 is 0 Å². The normalized spacial score (nSPS) is 14.5. The summed E-state index contributed by atoms with van der Waals surface area (Å²) in [4.78, 5) is 23.8. The molecule has 0 fully saturated rings. The van der Waals surface area contributed by atoms with Crippen LogP contribution in [0.4, 0.5) is 0 Å². The SMILES string of the molecule is CCCCCCCCCCCCCCCC(=O)C(C)(O)C(=O)OCC(O)CO. The summed E-state index contributed by atoms with van der Waals surface area (Å²) in [5, 5.41) is 27.9. The third-order valence-electron chi connectivity index (χ3n) is 5.07. The fraction of sp³-hybridized carbons (Fsp3) is 0.909. The lowest BCUT2D eigenvalue weighted by molar-refractivity contribution is -0.171. The summed E-state index contributed by atoms with van der Waals surface area (Å²) in [6.07, 6.45) is 14.5. The predicted molar refractivity (Wildman–Crippen MR) is 110 cm³/mol. The first-order chi connectivity index (χ1) is 13.4. The van der Waals surface area contributed by atoms with E-state index in [1.165, 1.54) is 57.8 Å². The summed E-state index contributed by atoms with van der Waals surface area (Å²) in [7, 11) is 0. The van der Waals surface area contributed by atoms with Crippen molar-refractivity contribution in [3.8, 4) is 0 Å². The minimum absolute atomic E-state index is 0.127. The van der Waals surface area contributed by atoms with Gasteiger partial charge < -0.3 is 20.1 Å². The van der Waals surface area contributed by atoms with Gasteiger partial charge in [0, 0.05) is 6.42 Å². The maximum atomic E-state index is 12.1. The van der Waals surface area contributed by atoms with Gasteiger partial charge in [0.15, 0.2) is 5.78 Å². The van der Waals surface area contributed by atoms with Crippen LogP contribution >= 0.6 is 0 Å². The highest BCUT2D eigenvalue weighted by atomic mass is 16.6. The molecule has 166 valence electrons. The number of ether oxygens (including phenoxy) is 1. The molecule has 0 aromatic heterocycles. The second-order valence-corrected chi connectivity index (χ2v) is 7.92. The van der Waals surface area contributed by atoms with E-state index in [-0.39, 0.29) is 6.42 Å². The number of esters is 1. The molecule has 0 rings (SSSR count). The zero-order chi connectivity index (χ0) is 21.3. The molecule has 6 nitrogen and oxygen atoms in total. The fourth-order valence-corrected chi connectivity index (χ4v) is 3.03. The molecule has 6 heteroatoms. The average molecular weight is 403 g/mol. The summed E-state index contributed by atoms with van der Waals surface area (Å²) < 4.78 is 4.68. The van der Waals surface area contributed by atoms with Gasteiger partial charge in [-0.3, -0.25) is 4.79 Å². The summed E-state index contributed by atoms with van der Waals surface area (Å²) >= 11 is 0. The molecular weight excluding hydrogens is 360 g/mol. The Morgan fingerprint density at radius 2 is 1.29 bits per heavy atom. The Morgan fingerprint density at radius 1 is 0.857 bits per heavy atom. The Balaban J connectivity index is 3.66. The molecule has 2 unspecified atom stereocenters. The van der Waals surface area contributed by atoms with Gasteiger partial charge in [0.1, 0.15) is 12.7 Å². The highest BCUT2D eigenvalue weighted by Gasteiger charge is 2.39. The molecule has 0 aliphatic rings. The van der Waals surface area contributed by atoms with Crippen molar-refractivity contribution >= 4 is 11.8 Å². The molecule has 0 amide bonds. The number of aliphatic hydroxyl groups excluding tert-OH is 2. The molecule has 3 N–H and O–H groups in total. The van der Waals surface area contributed by atoms with Gasteiger partial charge in [0.2, 0.25) is 5.60 Å². The number of aliphatic hydroxyl groups is 3. The maximum Gasteiger partial charge on any atom is 0.345 e. The van der Waals surface area contributed by atoms with Crippen LogP contribution in [-0.4, -0.2) is 52.0 Å². The number of unbranched alkanes of at least 4 members (excludes halogenated alkanes) is 12. The van der Waals surface area contributed by atoms with Crippen molar-refractivity contribution in [2.24, 2.45) is 0 Å². The predicted octanol–water partition coefficient (Wildman–Crippen LogP) is 3.68. The van der Waals surface area contributed by atoms with Crippen molar-refractivity contribution < 1.29 is 29.6 Å². The third-order valence-corrected chi connectivity index (χ3v) is 5.07. The summed E-state index contributed by atoms with van der Waals surface area (Å²) in [5.74, 6) is -1.65. The molecule has 0 radical (unpaired) electrons. The fourth-order valence-electron chi connectivity index (χ4n) is 3.03. The number of carbonyl (C=O) groups is 2. The molecule has 0 aliphatic heterocycles. The van der Waals surface area contributed by atoms with Crippen LogP contribution in [0.15, 0.2) is 0 Å². The Hall–Kier alpha value is -0.980. The van der Waals surface area contributed by atoms with Gasteiger partial charge in [0.25, 0.3) is 0 Å². The van der Waals surface area contributed by atoms with Crippen molar-refractivity contribution in [3.05, 3.63) is 0 Å². The van der Waals surface area contributed by atoms with E-state index in [0.717, 1.165) is 26.2 Å². The summed E-state index contributed by atoms with van der Waals surface area (Å²) in [6.45, 7) is 2.35. The minimum atomic E-state index is -2.20. The number of Topliss-reactive ketones (excluding diaryl/α,β-unsaturated/α-hetero) is 1. The van der Waals surface area contributed by atoms with E-state index < -0.39 is 36.7 Å².